The van der Waals surface area contributed by atoms with Crippen LogP contribution in [0, 0.1) is 0 Å². The quantitative estimate of drug-likeness (QED) is 0.630. The van der Waals surface area contributed by atoms with Crippen LogP contribution >= 0.6 is 0 Å². The summed E-state index contributed by atoms with van der Waals surface area (Å²) in [6.07, 6.45) is 5.41. The normalized spacial score (nSPS) is 17.6. The second kappa shape index (κ2) is 10.6. The average Bonchev–Trinajstić information content (AvgIpc) is 3.52. The van der Waals surface area contributed by atoms with Gasteiger partial charge >= 0.3 is 0 Å². The molecule has 0 unspecified atom stereocenters. The lowest BCUT2D eigenvalue weighted by Gasteiger charge is -2.15. The molecule has 2 aliphatic heterocycles. The van der Waals surface area contributed by atoms with Crippen molar-refractivity contribution in [3.63, 3.8) is 0 Å². The van der Waals surface area contributed by atoms with Gasteiger partial charge in [0.1, 0.15) is 0 Å². The second-order valence-electron chi connectivity index (χ2n) is 8.83. The number of benzene rings is 2. The number of carbonyl (C=O) groups is 1. The highest BCUT2D eigenvalue weighted by Crippen LogP contribution is 2.21. The van der Waals surface area contributed by atoms with Crippen molar-refractivity contribution in [3.8, 4) is 0 Å². The third kappa shape index (κ3) is 5.97. The molecule has 0 atom stereocenters. The Kier molecular flexibility index (Phi) is 7.60. The number of amides is 1. The maximum Gasteiger partial charge on any atom is 0.243 e. The SMILES string of the molecule is O=C(CCc1ccc(S(=O)(=O)N2CCCC2)cc1)NCc1ccc(CN2CCCC2)cc1. The first-order valence-electron chi connectivity index (χ1n) is 11.7. The highest BCUT2D eigenvalue weighted by atomic mass is 32.2. The Hall–Kier alpha value is -2.22. The Bertz CT molecular complexity index is 992. The van der Waals surface area contributed by atoms with Crippen LogP contribution in [0.3, 0.4) is 0 Å². The molecule has 1 amide bonds. The van der Waals surface area contributed by atoms with E-state index in [1.54, 1.807) is 16.4 Å². The highest BCUT2D eigenvalue weighted by molar-refractivity contribution is 7.89. The fourth-order valence-corrected chi connectivity index (χ4v) is 5.93. The van der Waals surface area contributed by atoms with E-state index in [0.717, 1.165) is 30.5 Å². The molecule has 32 heavy (non-hydrogen) atoms. The second-order valence-corrected chi connectivity index (χ2v) is 10.8. The largest absolute Gasteiger partial charge is 0.352 e. The maximum absolute atomic E-state index is 12.6. The molecule has 7 heteroatoms. The predicted molar refractivity (Wildman–Crippen MR) is 126 cm³/mol. The minimum atomic E-state index is -3.38. The van der Waals surface area contributed by atoms with E-state index in [4.69, 9.17) is 0 Å². The first-order valence-corrected chi connectivity index (χ1v) is 13.1. The summed E-state index contributed by atoms with van der Waals surface area (Å²) in [5.74, 6) is -0.0000851. The zero-order chi connectivity index (χ0) is 22.4. The summed E-state index contributed by atoms with van der Waals surface area (Å²) in [5, 5.41) is 2.98. The minimum Gasteiger partial charge on any atom is -0.352 e. The van der Waals surface area contributed by atoms with Crippen molar-refractivity contribution in [3.05, 3.63) is 65.2 Å². The van der Waals surface area contributed by atoms with Crippen LogP contribution in [0.4, 0.5) is 0 Å². The zero-order valence-electron chi connectivity index (χ0n) is 18.6. The van der Waals surface area contributed by atoms with Crippen molar-refractivity contribution in [1.82, 2.24) is 14.5 Å². The molecule has 0 aliphatic carbocycles. The molecule has 4 rings (SSSR count). The number of hydrogen-bond donors (Lipinski definition) is 1. The van der Waals surface area contributed by atoms with Crippen molar-refractivity contribution >= 4 is 15.9 Å². The van der Waals surface area contributed by atoms with Crippen molar-refractivity contribution in [2.24, 2.45) is 0 Å². The first kappa shape index (κ1) is 23.0. The van der Waals surface area contributed by atoms with Gasteiger partial charge < -0.3 is 5.32 Å². The number of nitrogens with one attached hydrogen (secondary N) is 1. The van der Waals surface area contributed by atoms with E-state index in [1.807, 2.05) is 12.1 Å². The van der Waals surface area contributed by atoms with Crippen LogP contribution in [0.15, 0.2) is 53.4 Å². The average molecular weight is 456 g/mol. The fourth-order valence-electron chi connectivity index (χ4n) is 4.41. The molecule has 6 nitrogen and oxygen atoms in total. The molecule has 2 heterocycles. The van der Waals surface area contributed by atoms with Gasteiger partial charge in [-0.15, -0.1) is 0 Å². The van der Waals surface area contributed by atoms with Gasteiger partial charge in [-0.3, -0.25) is 9.69 Å². The fraction of sp³-hybridized carbons (Fsp3) is 0.480. The van der Waals surface area contributed by atoms with Gasteiger partial charge in [0, 0.05) is 32.6 Å². The molecule has 0 aromatic heterocycles. The van der Waals surface area contributed by atoms with Gasteiger partial charge in [-0.25, -0.2) is 8.42 Å². The zero-order valence-corrected chi connectivity index (χ0v) is 19.4. The minimum absolute atomic E-state index is 0.0000851. The van der Waals surface area contributed by atoms with Gasteiger partial charge in [0.25, 0.3) is 0 Å². The van der Waals surface area contributed by atoms with Crippen LogP contribution in [0.2, 0.25) is 0 Å². The van der Waals surface area contributed by atoms with Gasteiger partial charge in [-0.05, 0) is 74.0 Å². The molecular weight excluding hydrogens is 422 g/mol. The van der Waals surface area contributed by atoms with Gasteiger partial charge in [0.2, 0.25) is 15.9 Å². The lowest BCUT2D eigenvalue weighted by Crippen LogP contribution is -2.27. The van der Waals surface area contributed by atoms with Crippen LogP contribution in [-0.2, 0) is 34.3 Å². The monoisotopic (exact) mass is 455 g/mol. The van der Waals surface area contributed by atoms with Gasteiger partial charge in [-0.1, -0.05) is 36.4 Å². The number of likely N-dealkylation sites (tertiary alicyclic amines) is 1. The van der Waals surface area contributed by atoms with Crippen LogP contribution in [0.1, 0.15) is 48.8 Å². The lowest BCUT2D eigenvalue weighted by molar-refractivity contribution is -0.121. The summed E-state index contributed by atoms with van der Waals surface area (Å²) in [7, 11) is -3.38. The molecule has 0 saturated carbocycles. The number of carbonyl (C=O) groups excluding carboxylic acids is 1. The molecule has 2 aliphatic rings. The van der Waals surface area contributed by atoms with E-state index in [1.165, 1.54) is 31.5 Å². The van der Waals surface area contributed by atoms with Crippen molar-refractivity contribution in [2.45, 2.75) is 56.5 Å². The van der Waals surface area contributed by atoms with Crippen LogP contribution < -0.4 is 5.32 Å². The van der Waals surface area contributed by atoms with E-state index in [9.17, 15) is 13.2 Å². The lowest BCUT2D eigenvalue weighted by atomic mass is 10.1. The smallest absolute Gasteiger partial charge is 0.243 e. The number of nitrogens with zero attached hydrogens (tertiary/aromatic N) is 2. The van der Waals surface area contributed by atoms with Crippen molar-refractivity contribution < 1.29 is 13.2 Å². The van der Waals surface area contributed by atoms with Crippen LogP contribution in [-0.4, -0.2) is 49.7 Å². The molecular formula is C25H33N3O3S. The highest BCUT2D eigenvalue weighted by Gasteiger charge is 2.26. The summed E-state index contributed by atoms with van der Waals surface area (Å²) in [6.45, 7) is 5.11. The Labute approximate surface area is 191 Å². The molecule has 2 aromatic carbocycles. The third-order valence-corrected chi connectivity index (χ3v) is 8.30. The molecule has 2 aromatic rings. The summed E-state index contributed by atoms with van der Waals surface area (Å²) in [5.41, 5.74) is 3.38. The van der Waals surface area contributed by atoms with Crippen molar-refractivity contribution in [2.75, 3.05) is 26.2 Å². The van der Waals surface area contributed by atoms with E-state index in [2.05, 4.69) is 34.5 Å². The molecule has 172 valence electrons. The predicted octanol–water partition coefficient (Wildman–Crippen LogP) is 3.32. The summed E-state index contributed by atoms with van der Waals surface area (Å²) in [6, 6.07) is 15.4. The molecule has 0 spiro atoms. The Morgan fingerprint density at radius 3 is 2.00 bits per heavy atom. The third-order valence-electron chi connectivity index (χ3n) is 6.38. The topological polar surface area (TPSA) is 69.7 Å². The summed E-state index contributed by atoms with van der Waals surface area (Å²) < 4.78 is 26.7. The Morgan fingerprint density at radius 1 is 0.781 bits per heavy atom. The molecule has 0 radical (unpaired) electrons. The van der Waals surface area contributed by atoms with E-state index >= 15 is 0 Å². The molecule has 2 saturated heterocycles. The van der Waals surface area contributed by atoms with Gasteiger partial charge in [0.15, 0.2) is 0 Å². The first-order chi connectivity index (χ1) is 15.5. The van der Waals surface area contributed by atoms with Crippen LogP contribution in [0.25, 0.3) is 0 Å². The van der Waals surface area contributed by atoms with Crippen LogP contribution in [0.5, 0.6) is 0 Å². The summed E-state index contributed by atoms with van der Waals surface area (Å²) >= 11 is 0. The number of hydrogen-bond acceptors (Lipinski definition) is 4. The summed E-state index contributed by atoms with van der Waals surface area (Å²) in [4.78, 5) is 15.1. The standard InChI is InChI=1S/C25H33N3O3S/c29-25(26-19-22-5-7-23(8-6-22)20-27-15-1-2-16-27)14-11-21-9-12-24(13-10-21)32(30,31)28-17-3-4-18-28/h5-10,12-13H,1-4,11,14-20H2,(H,26,29). The Morgan fingerprint density at radius 2 is 1.34 bits per heavy atom. The van der Waals surface area contributed by atoms with E-state index in [-0.39, 0.29) is 5.91 Å². The van der Waals surface area contributed by atoms with E-state index < -0.39 is 10.0 Å². The van der Waals surface area contributed by atoms with E-state index in [0.29, 0.717) is 37.4 Å². The van der Waals surface area contributed by atoms with Crippen molar-refractivity contribution in [1.29, 1.82) is 0 Å². The Balaban J connectivity index is 1.21. The molecule has 2 fully saturated rings. The van der Waals surface area contributed by atoms with Gasteiger partial charge in [0.05, 0.1) is 4.90 Å². The molecule has 1 N–H and O–H groups in total. The number of rotatable bonds is 9. The van der Waals surface area contributed by atoms with Gasteiger partial charge in [-0.2, -0.15) is 4.31 Å². The maximum atomic E-state index is 12.6. The molecule has 0 bridgehead atoms. The number of sulfonamides is 1. The number of aryl methyl sites for hydroxylation is 1.